The van der Waals surface area contributed by atoms with E-state index in [2.05, 4.69) is 29.0 Å². The molecule has 1 aliphatic rings. The molecule has 0 atom stereocenters. The molecule has 2 heterocycles. The molecule has 0 saturated carbocycles. The summed E-state index contributed by atoms with van der Waals surface area (Å²) in [4.78, 5) is 19.1. The van der Waals surface area contributed by atoms with Crippen LogP contribution in [0.25, 0.3) is 6.08 Å². The van der Waals surface area contributed by atoms with Gasteiger partial charge in [0.25, 0.3) is 0 Å². The number of carbonyl (C=O) groups is 1. The van der Waals surface area contributed by atoms with E-state index in [1.807, 2.05) is 36.6 Å². The van der Waals surface area contributed by atoms with Crippen molar-refractivity contribution in [3.8, 4) is 5.75 Å². The van der Waals surface area contributed by atoms with Crippen LogP contribution in [-0.4, -0.2) is 54.2 Å². The molecular formula is C22H29N3O3S. The Hall–Kier alpha value is -2.22. The van der Waals surface area contributed by atoms with Crippen molar-refractivity contribution in [1.82, 2.24) is 15.2 Å². The molecule has 1 aromatic heterocycles. The number of hydrogen-bond donors (Lipinski definition) is 1. The van der Waals surface area contributed by atoms with Crippen LogP contribution in [0.1, 0.15) is 30.1 Å². The Morgan fingerprint density at radius 2 is 2.10 bits per heavy atom. The minimum Gasteiger partial charge on any atom is -0.487 e. The molecule has 1 aliphatic heterocycles. The van der Waals surface area contributed by atoms with Crippen LogP contribution in [0.3, 0.4) is 0 Å². The van der Waals surface area contributed by atoms with E-state index in [-0.39, 0.29) is 11.4 Å². The normalized spacial score (nSPS) is 15.6. The summed E-state index contributed by atoms with van der Waals surface area (Å²) in [6, 6.07) is 7.68. The highest BCUT2D eigenvalue weighted by molar-refractivity contribution is 7.09. The van der Waals surface area contributed by atoms with Gasteiger partial charge in [-0.25, -0.2) is 4.98 Å². The number of carbonyl (C=O) groups excluding carboxylic acids is 1. The summed E-state index contributed by atoms with van der Waals surface area (Å²) in [6.07, 6.45) is 3.35. The number of rotatable bonds is 8. The first-order valence-electron chi connectivity index (χ1n) is 9.85. The molecule has 2 aromatic rings. The first-order chi connectivity index (χ1) is 13.9. The number of aryl methyl sites for hydroxylation is 1. The summed E-state index contributed by atoms with van der Waals surface area (Å²) in [5.74, 6) is 0.618. The molecule has 1 N–H and O–H groups in total. The summed E-state index contributed by atoms with van der Waals surface area (Å²) >= 11 is 1.61. The Balaban J connectivity index is 1.54. The summed E-state index contributed by atoms with van der Waals surface area (Å²) in [6.45, 7) is 10.5. The number of benzene rings is 1. The predicted octanol–water partition coefficient (Wildman–Crippen LogP) is 3.27. The Kier molecular flexibility index (Phi) is 7.41. The number of aromatic nitrogens is 1. The van der Waals surface area contributed by atoms with Crippen LogP contribution in [0.4, 0.5) is 0 Å². The molecule has 0 aliphatic carbocycles. The molecule has 1 saturated heterocycles. The van der Waals surface area contributed by atoms with Crippen molar-refractivity contribution in [1.29, 1.82) is 0 Å². The Morgan fingerprint density at radius 1 is 1.34 bits per heavy atom. The van der Waals surface area contributed by atoms with Crippen molar-refractivity contribution >= 4 is 23.3 Å². The van der Waals surface area contributed by atoms with E-state index in [1.165, 1.54) is 0 Å². The van der Waals surface area contributed by atoms with Gasteiger partial charge in [0.1, 0.15) is 12.4 Å². The lowest BCUT2D eigenvalue weighted by molar-refractivity contribution is -0.117. The molecule has 6 nitrogen and oxygen atoms in total. The number of ether oxygens (including phenoxy) is 2. The van der Waals surface area contributed by atoms with Crippen LogP contribution < -0.4 is 10.1 Å². The lowest BCUT2D eigenvalue weighted by Gasteiger charge is -2.40. The molecule has 7 heteroatoms. The second kappa shape index (κ2) is 10.0. The molecule has 0 spiro atoms. The van der Waals surface area contributed by atoms with Crippen LogP contribution in [0, 0.1) is 6.92 Å². The smallest absolute Gasteiger partial charge is 0.244 e. The molecule has 0 unspecified atom stereocenters. The maximum atomic E-state index is 12.3. The zero-order chi connectivity index (χ0) is 20.7. The molecule has 156 valence electrons. The molecule has 0 radical (unpaired) electrons. The average Bonchev–Trinajstić information content (AvgIpc) is 3.15. The Labute approximate surface area is 176 Å². The number of thiazole rings is 1. The van der Waals surface area contributed by atoms with E-state index < -0.39 is 0 Å². The van der Waals surface area contributed by atoms with Crippen molar-refractivity contribution in [3.05, 3.63) is 52.0 Å². The second-order valence-electron chi connectivity index (χ2n) is 7.65. The number of para-hydroxylation sites is 1. The van der Waals surface area contributed by atoms with Crippen LogP contribution in [0.15, 0.2) is 35.7 Å². The first kappa shape index (κ1) is 21.5. The minimum absolute atomic E-state index is 0.111. The van der Waals surface area contributed by atoms with Crippen molar-refractivity contribution in [2.75, 3.05) is 32.8 Å². The fourth-order valence-electron chi connectivity index (χ4n) is 3.18. The van der Waals surface area contributed by atoms with E-state index in [0.29, 0.717) is 13.2 Å². The van der Waals surface area contributed by atoms with Gasteiger partial charge in [0, 0.05) is 42.2 Å². The summed E-state index contributed by atoms with van der Waals surface area (Å²) in [5.41, 5.74) is 1.66. The fraction of sp³-hybridized carbons (Fsp3) is 0.455. The molecular weight excluding hydrogens is 386 g/mol. The third-order valence-electron chi connectivity index (χ3n) is 4.94. The molecule has 1 aromatic carbocycles. The SMILES string of the molecule is Cc1nc(COc2ccccc2/C=C/C(=O)NCC(C)(C)N2CCOCC2)cs1. The Morgan fingerprint density at radius 3 is 2.83 bits per heavy atom. The quantitative estimate of drug-likeness (QED) is 0.671. The highest BCUT2D eigenvalue weighted by Gasteiger charge is 2.28. The van der Waals surface area contributed by atoms with Crippen LogP contribution in [0.5, 0.6) is 5.75 Å². The van der Waals surface area contributed by atoms with Gasteiger partial charge in [0.05, 0.1) is 23.9 Å². The van der Waals surface area contributed by atoms with E-state index in [9.17, 15) is 4.79 Å². The van der Waals surface area contributed by atoms with Gasteiger partial charge in [0.2, 0.25) is 5.91 Å². The third-order valence-corrected chi connectivity index (χ3v) is 5.76. The van der Waals surface area contributed by atoms with Crippen LogP contribution in [0.2, 0.25) is 0 Å². The van der Waals surface area contributed by atoms with Gasteiger partial charge in [0.15, 0.2) is 0 Å². The van der Waals surface area contributed by atoms with E-state index in [1.54, 1.807) is 23.5 Å². The minimum atomic E-state index is -0.115. The standard InChI is InChI=1S/C22H29N3O3S/c1-17-24-19(15-29-17)14-28-20-7-5-4-6-18(20)8-9-21(26)23-16-22(2,3)25-10-12-27-13-11-25/h4-9,15H,10-14,16H2,1-3H3,(H,23,26)/b9-8+. The lowest BCUT2D eigenvalue weighted by atomic mass is 10.0. The highest BCUT2D eigenvalue weighted by atomic mass is 32.1. The van der Waals surface area contributed by atoms with Gasteiger partial charge in [-0.15, -0.1) is 11.3 Å². The predicted molar refractivity (Wildman–Crippen MR) is 116 cm³/mol. The largest absolute Gasteiger partial charge is 0.487 e. The van der Waals surface area contributed by atoms with Crippen molar-refractivity contribution in [2.24, 2.45) is 0 Å². The number of morpholine rings is 1. The fourth-order valence-corrected chi connectivity index (χ4v) is 3.78. The topological polar surface area (TPSA) is 63.7 Å². The van der Waals surface area contributed by atoms with Crippen LogP contribution >= 0.6 is 11.3 Å². The number of hydrogen-bond acceptors (Lipinski definition) is 6. The first-order valence-corrected chi connectivity index (χ1v) is 10.7. The monoisotopic (exact) mass is 415 g/mol. The molecule has 3 rings (SSSR count). The number of amides is 1. The van der Waals surface area contributed by atoms with Gasteiger partial charge in [-0.05, 0) is 32.9 Å². The summed E-state index contributed by atoms with van der Waals surface area (Å²) in [5, 5.41) is 6.03. The van der Waals surface area contributed by atoms with E-state index >= 15 is 0 Å². The maximum absolute atomic E-state index is 12.3. The lowest BCUT2D eigenvalue weighted by Crippen LogP contribution is -2.55. The number of nitrogens with one attached hydrogen (secondary N) is 1. The van der Waals surface area contributed by atoms with Crippen LogP contribution in [-0.2, 0) is 16.1 Å². The zero-order valence-corrected chi connectivity index (χ0v) is 18.1. The average molecular weight is 416 g/mol. The van der Waals surface area contributed by atoms with Crippen molar-refractivity contribution < 1.29 is 14.3 Å². The molecule has 29 heavy (non-hydrogen) atoms. The second-order valence-corrected chi connectivity index (χ2v) is 8.71. The number of nitrogens with zero attached hydrogens (tertiary/aromatic N) is 2. The van der Waals surface area contributed by atoms with E-state index in [4.69, 9.17) is 9.47 Å². The third kappa shape index (κ3) is 6.39. The summed E-state index contributed by atoms with van der Waals surface area (Å²) < 4.78 is 11.3. The molecule has 1 amide bonds. The maximum Gasteiger partial charge on any atom is 0.244 e. The summed E-state index contributed by atoms with van der Waals surface area (Å²) in [7, 11) is 0. The van der Waals surface area contributed by atoms with Gasteiger partial charge in [-0.2, -0.15) is 0 Å². The van der Waals surface area contributed by atoms with Gasteiger partial charge >= 0.3 is 0 Å². The van der Waals surface area contributed by atoms with Crippen molar-refractivity contribution in [2.45, 2.75) is 32.9 Å². The van der Waals surface area contributed by atoms with Crippen molar-refractivity contribution in [3.63, 3.8) is 0 Å². The Bertz CT molecular complexity index is 841. The van der Waals surface area contributed by atoms with Gasteiger partial charge in [-0.1, -0.05) is 18.2 Å². The van der Waals surface area contributed by atoms with Gasteiger partial charge < -0.3 is 14.8 Å². The highest BCUT2D eigenvalue weighted by Crippen LogP contribution is 2.21. The molecule has 1 fully saturated rings. The zero-order valence-electron chi connectivity index (χ0n) is 17.3. The van der Waals surface area contributed by atoms with Gasteiger partial charge in [-0.3, -0.25) is 9.69 Å². The van der Waals surface area contributed by atoms with E-state index in [0.717, 1.165) is 48.3 Å². The molecule has 0 bridgehead atoms.